The molecule has 21 heavy (non-hydrogen) atoms. The Morgan fingerprint density at radius 1 is 1.24 bits per heavy atom. The molecule has 0 unspecified atom stereocenters. The predicted molar refractivity (Wildman–Crippen MR) is 83.1 cm³/mol. The summed E-state index contributed by atoms with van der Waals surface area (Å²) in [6, 6.07) is 13.0. The zero-order valence-electron chi connectivity index (χ0n) is 12.0. The van der Waals surface area contributed by atoms with Crippen molar-refractivity contribution in [2.75, 3.05) is 6.61 Å². The van der Waals surface area contributed by atoms with Crippen LogP contribution in [0.2, 0.25) is 0 Å². The van der Waals surface area contributed by atoms with Gasteiger partial charge in [-0.25, -0.2) is 0 Å². The van der Waals surface area contributed by atoms with Crippen LogP contribution in [-0.2, 0) is 11.3 Å². The van der Waals surface area contributed by atoms with Crippen LogP contribution in [0.15, 0.2) is 36.4 Å². The Bertz CT molecular complexity index is 650. The molecule has 1 fully saturated rings. The third kappa shape index (κ3) is 3.52. The molecule has 0 heterocycles. The fraction of sp³-hybridized carbons (Fsp3) is 0.353. The minimum Gasteiger partial charge on any atom is -0.493 e. The number of nitrogens with two attached hydrogens (primary N) is 1. The number of hydrogen-bond acceptors (Lipinski definition) is 3. The molecule has 4 nitrogen and oxygen atoms in total. The molecule has 1 amide bonds. The van der Waals surface area contributed by atoms with Crippen LogP contribution >= 0.6 is 0 Å². The Balaban J connectivity index is 1.85. The number of amides is 1. The van der Waals surface area contributed by atoms with Gasteiger partial charge in [0.15, 0.2) is 0 Å². The van der Waals surface area contributed by atoms with Crippen molar-refractivity contribution >= 4 is 16.7 Å². The SMILES string of the molecule is NC(=O)CCOc1ccc2ccccc2c1CNC1CC1. The Kier molecular flexibility index (Phi) is 4.06. The van der Waals surface area contributed by atoms with Gasteiger partial charge in [0.1, 0.15) is 5.75 Å². The molecule has 0 atom stereocenters. The molecule has 3 N–H and O–H groups in total. The molecule has 0 radical (unpaired) electrons. The standard InChI is InChI=1S/C17H20N2O2/c18-17(20)9-10-21-16-8-5-12-3-1-2-4-14(12)15(16)11-19-13-6-7-13/h1-5,8,13,19H,6-7,9-11H2,(H2,18,20). The minimum absolute atomic E-state index is 0.238. The molecule has 110 valence electrons. The van der Waals surface area contributed by atoms with Crippen LogP contribution in [-0.4, -0.2) is 18.6 Å². The van der Waals surface area contributed by atoms with Crippen molar-refractivity contribution in [1.29, 1.82) is 0 Å². The molecule has 0 aromatic heterocycles. The van der Waals surface area contributed by atoms with Crippen LogP contribution in [0.4, 0.5) is 0 Å². The molecule has 0 spiro atoms. The van der Waals surface area contributed by atoms with E-state index in [-0.39, 0.29) is 12.3 Å². The number of benzene rings is 2. The lowest BCUT2D eigenvalue weighted by Gasteiger charge is -2.14. The van der Waals surface area contributed by atoms with Crippen molar-refractivity contribution in [2.45, 2.75) is 31.8 Å². The summed E-state index contributed by atoms with van der Waals surface area (Å²) < 4.78 is 5.77. The number of primary amides is 1. The number of carbonyl (C=O) groups excluding carboxylic acids is 1. The maximum atomic E-state index is 10.8. The second-order valence-electron chi connectivity index (χ2n) is 5.48. The van der Waals surface area contributed by atoms with Crippen molar-refractivity contribution in [1.82, 2.24) is 5.32 Å². The summed E-state index contributed by atoms with van der Waals surface area (Å²) in [4.78, 5) is 10.8. The Labute approximate surface area is 124 Å². The van der Waals surface area contributed by atoms with Crippen LogP contribution in [0.1, 0.15) is 24.8 Å². The zero-order valence-corrected chi connectivity index (χ0v) is 12.0. The lowest BCUT2D eigenvalue weighted by Crippen LogP contribution is -2.18. The van der Waals surface area contributed by atoms with Gasteiger partial charge in [-0.15, -0.1) is 0 Å². The molecule has 1 aliphatic carbocycles. The summed E-state index contributed by atoms with van der Waals surface area (Å²) in [6.45, 7) is 1.11. The van der Waals surface area contributed by atoms with Gasteiger partial charge >= 0.3 is 0 Å². The second-order valence-corrected chi connectivity index (χ2v) is 5.48. The van der Waals surface area contributed by atoms with Gasteiger partial charge in [-0.1, -0.05) is 30.3 Å². The molecule has 2 aromatic carbocycles. The van der Waals surface area contributed by atoms with Crippen LogP contribution in [0, 0.1) is 0 Å². The molecule has 4 heteroatoms. The van der Waals surface area contributed by atoms with Crippen molar-refractivity contribution < 1.29 is 9.53 Å². The van der Waals surface area contributed by atoms with E-state index >= 15 is 0 Å². The van der Waals surface area contributed by atoms with E-state index in [1.165, 1.54) is 23.6 Å². The van der Waals surface area contributed by atoms with E-state index in [1.54, 1.807) is 0 Å². The van der Waals surface area contributed by atoms with Gasteiger partial charge in [-0.3, -0.25) is 4.79 Å². The highest BCUT2D eigenvalue weighted by molar-refractivity contribution is 5.87. The smallest absolute Gasteiger partial charge is 0.220 e. The maximum Gasteiger partial charge on any atom is 0.220 e. The van der Waals surface area contributed by atoms with Gasteiger partial charge in [0.05, 0.1) is 13.0 Å². The first kappa shape index (κ1) is 13.9. The summed E-state index contributed by atoms with van der Waals surface area (Å²) in [5.41, 5.74) is 6.32. The third-order valence-corrected chi connectivity index (χ3v) is 3.75. The van der Waals surface area contributed by atoms with Gasteiger partial charge in [-0.05, 0) is 29.7 Å². The van der Waals surface area contributed by atoms with E-state index in [0.717, 1.165) is 17.9 Å². The van der Waals surface area contributed by atoms with E-state index < -0.39 is 0 Å². The van der Waals surface area contributed by atoms with E-state index in [9.17, 15) is 4.79 Å². The highest BCUT2D eigenvalue weighted by atomic mass is 16.5. The lowest BCUT2D eigenvalue weighted by atomic mass is 10.0. The number of fused-ring (bicyclic) bond motifs is 1. The normalized spacial score (nSPS) is 14.3. The molecule has 3 rings (SSSR count). The van der Waals surface area contributed by atoms with Gasteiger partial charge in [0, 0.05) is 18.2 Å². The first-order valence-electron chi connectivity index (χ1n) is 7.39. The molecular weight excluding hydrogens is 264 g/mol. The fourth-order valence-corrected chi connectivity index (χ4v) is 2.43. The summed E-state index contributed by atoms with van der Waals surface area (Å²) in [5, 5.41) is 5.93. The lowest BCUT2D eigenvalue weighted by molar-refractivity contribution is -0.118. The van der Waals surface area contributed by atoms with Crippen molar-refractivity contribution in [3.05, 3.63) is 42.0 Å². The van der Waals surface area contributed by atoms with Crippen LogP contribution in [0.5, 0.6) is 5.75 Å². The zero-order chi connectivity index (χ0) is 14.7. The number of rotatable bonds is 7. The number of ether oxygens (including phenoxy) is 1. The van der Waals surface area contributed by atoms with E-state index in [0.29, 0.717) is 12.6 Å². The molecular formula is C17H20N2O2. The Morgan fingerprint density at radius 3 is 2.81 bits per heavy atom. The quantitative estimate of drug-likeness (QED) is 0.820. The van der Waals surface area contributed by atoms with Gasteiger partial charge in [-0.2, -0.15) is 0 Å². The Morgan fingerprint density at radius 2 is 2.05 bits per heavy atom. The second kappa shape index (κ2) is 6.14. The van der Waals surface area contributed by atoms with Crippen LogP contribution in [0.25, 0.3) is 10.8 Å². The first-order valence-corrected chi connectivity index (χ1v) is 7.39. The van der Waals surface area contributed by atoms with Crippen molar-refractivity contribution in [2.24, 2.45) is 5.73 Å². The number of hydrogen-bond donors (Lipinski definition) is 2. The average molecular weight is 284 g/mol. The number of carbonyl (C=O) groups is 1. The highest BCUT2D eigenvalue weighted by Gasteiger charge is 2.21. The van der Waals surface area contributed by atoms with Crippen molar-refractivity contribution in [3.8, 4) is 5.75 Å². The summed E-state index contributed by atoms with van der Waals surface area (Å²) in [5.74, 6) is 0.497. The molecule has 1 aliphatic rings. The first-order chi connectivity index (χ1) is 10.2. The predicted octanol–water partition coefficient (Wildman–Crippen LogP) is 2.35. The molecule has 1 saturated carbocycles. The fourth-order valence-electron chi connectivity index (χ4n) is 2.43. The molecule has 2 aromatic rings. The van der Waals surface area contributed by atoms with Gasteiger partial charge in [0.2, 0.25) is 5.91 Å². The summed E-state index contributed by atoms with van der Waals surface area (Å²) in [7, 11) is 0. The van der Waals surface area contributed by atoms with Crippen LogP contribution < -0.4 is 15.8 Å². The highest BCUT2D eigenvalue weighted by Crippen LogP contribution is 2.29. The maximum absolute atomic E-state index is 10.8. The molecule has 0 bridgehead atoms. The monoisotopic (exact) mass is 284 g/mol. The van der Waals surface area contributed by atoms with Crippen LogP contribution in [0.3, 0.4) is 0 Å². The van der Waals surface area contributed by atoms with E-state index in [1.807, 2.05) is 18.2 Å². The third-order valence-electron chi connectivity index (χ3n) is 3.75. The molecule has 0 aliphatic heterocycles. The summed E-state index contributed by atoms with van der Waals surface area (Å²) >= 11 is 0. The average Bonchev–Trinajstić information content (AvgIpc) is 3.29. The van der Waals surface area contributed by atoms with Gasteiger partial charge < -0.3 is 15.8 Å². The largest absolute Gasteiger partial charge is 0.493 e. The van der Waals surface area contributed by atoms with Crippen molar-refractivity contribution in [3.63, 3.8) is 0 Å². The topological polar surface area (TPSA) is 64.4 Å². The molecule has 0 saturated heterocycles. The van der Waals surface area contributed by atoms with Gasteiger partial charge in [0.25, 0.3) is 0 Å². The van der Waals surface area contributed by atoms with E-state index in [2.05, 4.69) is 23.5 Å². The Hall–Kier alpha value is -2.07. The number of nitrogens with one attached hydrogen (secondary N) is 1. The summed E-state index contributed by atoms with van der Waals surface area (Å²) in [6.07, 6.45) is 2.74. The minimum atomic E-state index is -0.339. The van der Waals surface area contributed by atoms with E-state index in [4.69, 9.17) is 10.5 Å².